The highest BCUT2D eigenvalue weighted by Gasteiger charge is 2.37. The van der Waals surface area contributed by atoms with Crippen molar-refractivity contribution >= 4 is 30.8 Å². The third-order valence-corrected chi connectivity index (χ3v) is 4.65. The van der Waals surface area contributed by atoms with Crippen molar-refractivity contribution in [2.45, 2.75) is 24.9 Å². The Morgan fingerprint density at radius 3 is 2.70 bits per heavy atom. The Balaban J connectivity index is 0.00000132. The summed E-state index contributed by atoms with van der Waals surface area (Å²) in [5.74, 6) is -0.148. The van der Waals surface area contributed by atoms with E-state index >= 15 is 0 Å². The molecule has 1 N–H and O–H groups in total. The molecule has 0 bridgehead atoms. The van der Waals surface area contributed by atoms with E-state index in [9.17, 15) is 9.90 Å². The van der Waals surface area contributed by atoms with E-state index in [-0.39, 0.29) is 24.8 Å². The molecule has 1 aromatic rings. The molecule has 2 heterocycles. The molecule has 2 aliphatic rings. The van der Waals surface area contributed by atoms with E-state index in [0.717, 1.165) is 31.7 Å². The number of carboxylic acid groups (broad SMARTS) is 1. The van der Waals surface area contributed by atoms with Crippen molar-refractivity contribution in [3.63, 3.8) is 0 Å². The van der Waals surface area contributed by atoms with Crippen molar-refractivity contribution in [2.75, 3.05) is 33.3 Å². The molecule has 0 aliphatic carbocycles. The van der Waals surface area contributed by atoms with Crippen molar-refractivity contribution in [3.05, 3.63) is 29.8 Å². The van der Waals surface area contributed by atoms with Gasteiger partial charge in [0.1, 0.15) is 11.8 Å². The Kier molecular flexibility index (Phi) is 7.61. The molecule has 3 rings (SSSR count). The van der Waals surface area contributed by atoms with E-state index in [4.69, 9.17) is 4.74 Å². The lowest BCUT2D eigenvalue weighted by atomic mass is 10.0. The number of carboxylic acids is 1. The van der Waals surface area contributed by atoms with Crippen molar-refractivity contribution in [1.82, 2.24) is 9.80 Å². The van der Waals surface area contributed by atoms with Crippen LogP contribution in [-0.2, 0) is 4.79 Å². The molecule has 2 fully saturated rings. The normalized spacial score (nSPS) is 22.4. The molecule has 2 unspecified atom stereocenters. The van der Waals surface area contributed by atoms with Gasteiger partial charge in [0, 0.05) is 31.2 Å². The second-order valence-corrected chi connectivity index (χ2v) is 5.81. The molecule has 1 aromatic carbocycles. The van der Waals surface area contributed by atoms with E-state index in [1.807, 2.05) is 24.3 Å². The molecule has 0 amide bonds. The first-order chi connectivity index (χ1) is 10.2. The minimum absolute atomic E-state index is 0. The molecule has 0 aromatic heterocycles. The van der Waals surface area contributed by atoms with Crippen molar-refractivity contribution < 1.29 is 14.6 Å². The fourth-order valence-electron chi connectivity index (χ4n) is 3.63. The fourth-order valence-corrected chi connectivity index (χ4v) is 3.63. The molecule has 2 atom stereocenters. The lowest BCUT2D eigenvalue weighted by Crippen LogP contribution is -2.52. The summed E-state index contributed by atoms with van der Waals surface area (Å²) in [7, 11) is 1.59. The Bertz CT molecular complexity index is 530. The first kappa shape index (κ1) is 20.0. The highest BCUT2D eigenvalue weighted by atomic mass is 35.5. The lowest BCUT2D eigenvalue weighted by Gasteiger charge is -2.40. The number of piperazine rings is 1. The van der Waals surface area contributed by atoms with Crippen LogP contribution in [0.5, 0.6) is 5.75 Å². The minimum atomic E-state index is -0.800. The van der Waals surface area contributed by atoms with E-state index in [0.29, 0.717) is 11.8 Å². The number of para-hydroxylation sites is 1. The van der Waals surface area contributed by atoms with Crippen molar-refractivity contribution in [1.29, 1.82) is 0 Å². The van der Waals surface area contributed by atoms with Gasteiger partial charge >= 0.3 is 5.97 Å². The maximum atomic E-state index is 11.8. The molecular weight excluding hydrogens is 339 g/mol. The summed E-state index contributed by atoms with van der Waals surface area (Å²) in [6.07, 6.45) is 2.40. The average molecular weight is 363 g/mol. The van der Waals surface area contributed by atoms with Gasteiger partial charge in [0.05, 0.1) is 7.11 Å². The summed E-state index contributed by atoms with van der Waals surface area (Å²) < 4.78 is 5.35. The molecular formula is C16H24Cl2N2O3. The van der Waals surface area contributed by atoms with Crippen LogP contribution < -0.4 is 4.74 Å². The topological polar surface area (TPSA) is 53.0 Å². The second kappa shape index (κ2) is 8.73. The predicted molar refractivity (Wildman–Crippen MR) is 94.0 cm³/mol. The van der Waals surface area contributed by atoms with Gasteiger partial charge in [-0.05, 0) is 25.5 Å². The van der Waals surface area contributed by atoms with Gasteiger partial charge in [-0.2, -0.15) is 0 Å². The highest BCUT2D eigenvalue weighted by Crippen LogP contribution is 2.32. The van der Waals surface area contributed by atoms with Crippen LogP contribution in [0, 0.1) is 0 Å². The Hall–Kier alpha value is -1.01. The van der Waals surface area contributed by atoms with Crippen LogP contribution in [0.1, 0.15) is 24.4 Å². The molecule has 0 radical (unpaired) electrons. The number of methoxy groups -OCH3 is 1. The number of rotatable bonds is 4. The number of nitrogens with zero attached hydrogens (tertiary/aromatic N) is 2. The number of halogens is 2. The van der Waals surface area contributed by atoms with Gasteiger partial charge < -0.3 is 9.84 Å². The van der Waals surface area contributed by atoms with Crippen LogP contribution >= 0.6 is 24.8 Å². The summed E-state index contributed by atoms with van der Waals surface area (Å²) in [5.41, 5.74) is 0.749. The monoisotopic (exact) mass is 362 g/mol. The first-order valence-corrected chi connectivity index (χ1v) is 7.54. The Morgan fingerprint density at radius 1 is 1.26 bits per heavy atom. The number of aliphatic carboxylic acids is 1. The van der Waals surface area contributed by atoms with Crippen LogP contribution in [-0.4, -0.2) is 60.2 Å². The molecule has 0 spiro atoms. The molecule has 0 saturated carbocycles. The quantitative estimate of drug-likeness (QED) is 0.891. The minimum Gasteiger partial charge on any atom is -0.496 e. The largest absolute Gasteiger partial charge is 0.496 e. The molecule has 2 aliphatic heterocycles. The third kappa shape index (κ3) is 4.10. The zero-order valence-electron chi connectivity index (χ0n) is 13.2. The van der Waals surface area contributed by atoms with Crippen LogP contribution in [0.15, 0.2) is 24.3 Å². The summed E-state index contributed by atoms with van der Waals surface area (Å²) in [5, 5.41) is 9.73. The SMILES string of the molecule is COc1ccccc1C(C(=O)O)N1CCN2CCCC2C1.Cl.Cl. The molecule has 5 nitrogen and oxygen atoms in total. The number of ether oxygens (including phenoxy) is 1. The smallest absolute Gasteiger partial charge is 0.325 e. The van der Waals surface area contributed by atoms with Gasteiger partial charge in [0.25, 0.3) is 0 Å². The number of hydrogen-bond donors (Lipinski definition) is 1. The fraction of sp³-hybridized carbons (Fsp3) is 0.562. The maximum absolute atomic E-state index is 11.8. The summed E-state index contributed by atoms with van der Waals surface area (Å²) in [4.78, 5) is 16.4. The number of hydrogen-bond acceptors (Lipinski definition) is 4. The zero-order chi connectivity index (χ0) is 14.8. The van der Waals surface area contributed by atoms with Crippen molar-refractivity contribution in [2.24, 2.45) is 0 Å². The summed E-state index contributed by atoms with van der Waals surface area (Å²) in [6, 6.07) is 7.32. The molecule has 2 saturated heterocycles. The van der Waals surface area contributed by atoms with Crippen molar-refractivity contribution in [3.8, 4) is 5.75 Å². The van der Waals surface area contributed by atoms with Gasteiger partial charge in [-0.25, -0.2) is 0 Å². The number of fused-ring (bicyclic) bond motifs is 1. The summed E-state index contributed by atoms with van der Waals surface area (Å²) in [6.45, 7) is 3.75. The van der Waals surface area contributed by atoms with Gasteiger partial charge in [-0.3, -0.25) is 14.6 Å². The highest BCUT2D eigenvalue weighted by molar-refractivity contribution is 5.85. The van der Waals surface area contributed by atoms with Crippen LogP contribution in [0.25, 0.3) is 0 Å². The molecule has 23 heavy (non-hydrogen) atoms. The zero-order valence-corrected chi connectivity index (χ0v) is 14.8. The third-order valence-electron chi connectivity index (χ3n) is 4.65. The summed E-state index contributed by atoms with van der Waals surface area (Å²) >= 11 is 0. The molecule has 130 valence electrons. The van der Waals surface area contributed by atoms with E-state index < -0.39 is 12.0 Å². The van der Waals surface area contributed by atoms with Gasteiger partial charge in [0.15, 0.2) is 0 Å². The molecule has 7 heteroatoms. The maximum Gasteiger partial charge on any atom is 0.325 e. The standard InChI is InChI=1S/C16H22N2O3.2ClH/c1-21-14-7-3-2-6-13(14)15(16(19)20)18-10-9-17-8-4-5-12(17)11-18;;/h2-3,6-7,12,15H,4-5,8-11H2,1H3,(H,19,20);2*1H. The van der Waals surface area contributed by atoms with Gasteiger partial charge in [0.2, 0.25) is 0 Å². The lowest BCUT2D eigenvalue weighted by molar-refractivity contribution is -0.144. The van der Waals surface area contributed by atoms with Crippen LogP contribution in [0.3, 0.4) is 0 Å². The first-order valence-electron chi connectivity index (χ1n) is 7.54. The van der Waals surface area contributed by atoms with Crippen LogP contribution in [0.4, 0.5) is 0 Å². The van der Waals surface area contributed by atoms with Crippen LogP contribution in [0.2, 0.25) is 0 Å². The average Bonchev–Trinajstić information content (AvgIpc) is 2.95. The number of carbonyl (C=O) groups is 1. The Morgan fingerprint density at radius 2 is 2.00 bits per heavy atom. The van der Waals surface area contributed by atoms with Gasteiger partial charge in [-0.15, -0.1) is 24.8 Å². The van der Waals surface area contributed by atoms with E-state index in [1.54, 1.807) is 7.11 Å². The predicted octanol–water partition coefficient (Wildman–Crippen LogP) is 2.44. The Labute approximate surface area is 149 Å². The van der Waals surface area contributed by atoms with E-state index in [1.165, 1.54) is 12.8 Å². The van der Waals surface area contributed by atoms with E-state index in [2.05, 4.69) is 9.80 Å². The second-order valence-electron chi connectivity index (χ2n) is 5.81. The number of benzene rings is 1. The van der Waals surface area contributed by atoms with Gasteiger partial charge in [-0.1, -0.05) is 18.2 Å².